The summed E-state index contributed by atoms with van der Waals surface area (Å²) in [5.74, 6) is 1.76. The molecule has 0 amide bonds. The Balaban J connectivity index is 1.71. The summed E-state index contributed by atoms with van der Waals surface area (Å²) >= 11 is 1.82. The van der Waals surface area contributed by atoms with Crippen LogP contribution in [0.5, 0.6) is 0 Å². The molecule has 4 nitrogen and oxygen atoms in total. The third-order valence-electron chi connectivity index (χ3n) is 4.01. The number of thioether (sulfide) groups is 1. The zero-order valence-corrected chi connectivity index (χ0v) is 13.9. The number of hydrogen-bond acceptors (Lipinski definition) is 4. The first-order valence-electron chi connectivity index (χ1n) is 7.49. The number of rotatable bonds is 5. The van der Waals surface area contributed by atoms with Gasteiger partial charge < -0.3 is 5.32 Å². The van der Waals surface area contributed by atoms with Gasteiger partial charge in [0.2, 0.25) is 10.0 Å². The lowest BCUT2D eigenvalue weighted by atomic mass is 10.2. The number of nitrogens with one attached hydrogen (secondary N) is 1. The van der Waals surface area contributed by atoms with E-state index in [-0.39, 0.29) is 6.04 Å². The highest BCUT2D eigenvalue weighted by Gasteiger charge is 2.31. The molecule has 0 radical (unpaired) electrons. The average Bonchev–Trinajstić information content (AvgIpc) is 3.30. The van der Waals surface area contributed by atoms with Gasteiger partial charge in [-0.15, -0.1) is 0 Å². The van der Waals surface area contributed by atoms with E-state index in [1.165, 1.54) is 12.8 Å². The molecule has 1 aliphatic heterocycles. The maximum atomic E-state index is 12.7. The summed E-state index contributed by atoms with van der Waals surface area (Å²) in [5, 5.41) is 3.44. The van der Waals surface area contributed by atoms with E-state index in [0.29, 0.717) is 17.5 Å². The zero-order valence-electron chi connectivity index (χ0n) is 12.3. The highest BCUT2D eigenvalue weighted by atomic mass is 32.2. The Kier molecular flexibility index (Phi) is 4.59. The third-order valence-corrected chi connectivity index (χ3v) is 7.23. The molecule has 0 bridgehead atoms. The lowest BCUT2D eigenvalue weighted by molar-refractivity contribution is 0.367. The van der Waals surface area contributed by atoms with Crippen molar-refractivity contribution in [3.05, 3.63) is 29.8 Å². The predicted octanol–water partition coefficient (Wildman–Crippen LogP) is 2.06. The summed E-state index contributed by atoms with van der Waals surface area (Å²) in [5.41, 5.74) is 1.14. The van der Waals surface area contributed by atoms with Crippen LogP contribution in [-0.2, 0) is 16.6 Å². The van der Waals surface area contributed by atoms with Crippen molar-refractivity contribution >= 4 is 21.8 Å². The highest BCUT2D eigenvalue weighted by Crippen LogP contribution is 2.25. The molecule has 1 saturated carbocycles. The monoisotopic (exact) mass is 326 g/mol. The Morgan fingerprint density at radius 1 is 1.29 bits per heavy atom. The molecule has 0 spiro atoms. The predicted molar refractivity (Wildman–Crippen MR) is 87.0 cm³/mol. The Bertz CT molecular complexity index is 582. The van der Waals surface area contributed by atoms with Gasteiger partial charge in [0.1, 0.15) is 0 Å². The van der Waals surface area contributed by atoms with Gasteiger partial charge >= 0.3 is 0 Å². The first-order valence-corrected chi connectivity index (χ1v) is 10.1. The molecule has 6 heteroatoms. The van der Waals surface area contributed by atoms with Crippen LogP contribution in [0.15, 0.2) is 29.2 Å². The van der Waals surface area contributed by atoms with Gasteiger partial charge in [-0.25, -0.2) is 8.42 Å². The summed E-state index contributed by atoms with van der Waals surface area (Å²) in [6.45, 7) is 3.42. The van der Waals surface area contributed by atoms with Gasteiger partial charge in [-0.2, -0.15) is 16.1 Å². The number of hydrogen-bond donors (Lipinski definition) is 1. The smallest absolute Gasteiger partial charge is 0.243 e. The third kappa shape index (κ3) is 3.62. The van der Waals surface area contributed by atoms with Crippen LogP contribution in [0.25, 0.3) is 0 Å². The van der Waals surface area contributed by atoms with Crippen molar-refractivity contribution in [1.29, 1.82) is 0 Å². The summed E-state index contributed by atoms with van der Waals surface area (Å²) in [4.78, 5) is 0.413. The maximum Gasteiger partial charge on any atom is 0.243 e. The second-order valence-corrected chi connectivity index (χ2v) is 8.88. The summed E-state index contributed by atoms with van der Waals surface area (Å²) in [7, 11) is -3.35. The summed E-state index contributed by atoms with van der Waals surface area (Å²) < 4.78 is 27.0. The zero-order chi connectivity index (χ0) is 14.9. The fourth-order valence-electron chi connectivity index (χ4n) is 2.53. The van der Waals surface area contributed by atoms with Crippen LogP contribution in [0, 0.1) is 0 Å². The molecular weight excluding hydrogens is 304 g/mol. The van der Waals surface area contributed by atoms with E-state index in [1.54, 1.807) is 16.4 Å². The molecule has 1 heterocycles. The molecule has 21 heavy (non-hydrogen) atoms. The van der Waals surface area contributed by atoms with Gasteiger partial charge in [-0.05, 0) is 37.5 Å². The minimum Gasteiger partial charge on any atom is -0.310 e. The molecular formula is C15H22N2O2S2. The molecule has 1 atom stereocenters. The van der Waals surface area contributed by atoms with E-state index >= 15 is 0 Å². The Labute approximate surface area is 131 Å². The van der Waals surface area contributed by atoms with Crippen molar-refractivity contribution in [3.63, 3.8) is 0 Å². The minimum absolute atomic E-state index is 0.0740. The van der Waals surface area contributed by atoms with E-state index in [4.69, 9.17) is 0 Å². The minimum atomic E-state index is -3.35. The standard InChI is InChI=1S/C15H22N2O2S2/c1-12-11-20-9-8-17(12)21(18,19)15-6-2-13(3-7-15)10-16-14-4-5-14/h2-3,6-7,12,14,16H,4-5,8-11H2,1H3. The second-order valence-electron chi connectivity index (χ2n) is 5.84. The molecule has 0 aromatic heterocycles. The van der Waals surface area contributed by atoms with Gasteiger partial charge in [0.05, 0.1) is 4.90 Å². The van der Waals surface area contributed by atoms with Crippen LogP contribution in [0.1, 0.15) is 25.3 Å². The van der Waals surface area contributed by atoms with Crippen molar-refractivity contribution in [2.45, 2.75) is 43.3 Å². The quantitative estimate of drug-likeness (QED) is 0.900. The topological polar surface area (TPSA) is 49.4 Å². The van der Waals surface area contributed by atoms with E-state index in [2.05, 4.69) is 5.32 Å². The van der Waals surface area contributed by atoms with Crippen molar-refractivity contribution in [1.82, 2.24) is 9.62 Å². The van der Waals surface area contributed by atoms with Gasteiger partial charge in [-0.1, -0.05) is 12.1 Å². The molecule has 1 aliphatic carbocycles. The first kappa shape index (κ1) is 15.3. The molecule has 1 saturated heterocycles. The van der Waals surface area contributed by atoms with Crippen LogP contribution in [0.4, 0.5) is 0 Å². The van der Waals surface area contributed by atoms with Crippen LogP contribution >= 0.6 is 11.8 Å². The van der Waals surface area contributed by atoms with Crippen LogP contribution in [0.2, 0.25) is 0 Å². The fraction of sp³-hybridized carbons (Fsp3) is 0.600. The fourth-order valence-corrected chi connectivity index (χ4v) is 5.39. The maximum absolute atomic E-state index is 12.7. The largest absolute Gasteiger partial charge is 0.310 e. The normalized spacial score (nSPS) is 24.1. The Morgan fingerprint density at radius 2 is 2.00 bits per heavy atom. The van der Waals surface area contributed by atoms with Gasteiger partial charge in [0.15, 0.2) is 0 Å². The molecule has 1 aromatic rings. The van der Waals surface area contributed by atoms with Gasteiger partial charge in [-0.3, -0.25) is 0 Å². The van der Waals surface area contributed by atoms with Gasteiger partial charge in [0.25, 0.3) is 0 Å². The summed E-state index contributed by atoms with van der Waals surface area (Å²) in [6, 6.07) is 8.07. The first-order chi connectivity index (χ1) is 10.1. The number of sulfonamides is 1. The van der Waals surface area contributed by atoms with Crippen molar-refractivity contribution < 1.29 is 8.42 Å². The van der Waals surface area contributed by atoms with Crippen LogP contribution < -0.4 is 5.32 Å². The van der Waals surface area contributed by atoms with Crippen molar-refractivity contribution in [2.75, 3.05) is 18.1 Å². The SMILES string of the molecule is CC1CSCCN1S(=O)(=O)c1ccc(CNC2CC2)cc1. The lowest BCUT2D eigenvalue weighted by Gasteiger charge is -2.31. The Hall–Kier alpha value is -0.560. The molecule has 1 N–H and O–H groups in total. The lowest BCUT2D eigenvalue weighted by Crippen LogP contribution is -2.44. The van der Waals surface area contributed by atoms with E-state index < -0.39 is 10.0 Å². The van der Waals surface area contributed by atoms with E-state index in [0.717, 1.165) is 23.6 Å². The molecule has 2 fully saturated rings. The van der Waals surface area contributed by atoms with E-state index in [9.17, 15) is 8.42 Å². The second kappa shape index (κ2) is 6.28. The van der Waals surface area contributed by atoms with Crippen molar-refractivity contribution in [3.8, 4) is 0 Å². The van der Waals surface area contributed by atoms with Crippen LogP contribution in [0.3, 0.4) is 0 Å². The van der Waals surface area contributed by atoms with Gasteiger partial charge in [0, 0.05) is 36.7 Å². The molecule has 116 valence electrons. The number of benzene rings is 1. The van der Waals surface area contributed by atoms with E-state index in [1.807, 2.05) is 30.8 Å². The molecule has 1 unspecified atom stereocenters. The highest BCUT2D eigenvalue weighted by molar-refractivity contribution is 7.99. The average molecular weight is 326 g/mol. The van der Waals surface area contributed by atoms with Crippen molar-refractivity contribution in [2.24, 2.45) is 0 Å². The Morgan fingerprint density at radius 3 is 2.62 bits per heavy atom. The molecule has 3 rings (SSSR count). The number of nitrogens with zero attached hydrogens (tertiary/aromatic N) is 1. The van der Waals surface area contributed by atoms with Crippen LogP contribution in [-0.4, -0.2) is 42.9 Å². The molecule has 1 aromatic carbocycles. The molecule has 2 aliphatic rings. The summed E-state index contributed by atoms with van der Waals surface area (Å²) in [6.07, 6.45) is 2.52.